The SMILES string of the molecule is C#CCNCC(O)c1ccc(OCC#C)c(OCC#C)c1. The zero-order valence-corrected chi connectivity index (χ0v) is 11.6. The number of aliphatic hydroxyl groups excluding tert-OH is 1. The molecule has 0 aliphatic heterocycles. The number of benzene rings is 1. The maximum Gasteiger partial charge on any atom is 0.163 e. The van der Waals surface area contributed by atoms with Gasteiger partial charge in [0, 0.05) is 6.54 Å². The van der Waals surface area contributed by atoms with Crippen LogP contribution in [0.4, 0.5) is 0 Å². The fourth-order valence-corrected chi connectivity index (χ4v) is 1.60. The Hall–Kier alpha value is -2.58. The standard InChI is InChI=1S/C17H17NO3/c1-4-9-18-13-15(19)14-7-8-16(20-10-5-2)17(12-14)21-11-6-3/h1-3,7-8,12,15,18-19H,9-11,13H2. The highest BCUT2D eigenvalue weighted by Crippen LogP contribution is 2.30. The molecule has 0 fully saturated rings. The summed E-state index contributed by atoms with van der Waals surface area (Å²) in [6.07, 6.45) is 14.8. The first kappa shape index (κ1) is 16.5. The Kier molecular flexibility index (Phi) is 7.33. The molecule has 1 aromatic carbocycles. The minimum Gasteiger partial charge on any atom is -0.477 e. The molecule has 0 radical (unpaired) electrons. The van der Waals surface area contributed by atoms with E-state index in [0.29, 0.717) is 30.2 Å². The summed E-state index contributed by atoms with van der Waals surface area (Å²) in [5, 5.41) is 13.0. The van der Waals surface area contributed by atoms with Crippen molar-refractivity contribution >= 4 is 0 Å². The van der Waals surface area contributed by atoms with E-state index in [0.717, 1.165) is 0 Å². The maximum atomic E-state index is 10.1. The Morgan fingerprint density at radius 3 is 2.33 bits per heavy atom. The van der Waals surface area contributed by atoms with Crippen molar-refractivity contribution in [3.8, 4) is 48.5 Å². The normalized spacial score (nSPS) is 10.8. The van der Waals surface area contributed by atoms with E-state index in [1.807, 2.05) is 0 Å². The lowest BCUT2D eigenvalue weighted by molar-refractivity contribution is 0.176. The van der Waals surface area contributed by atoms with Gasteiger partial charge in [-0.05, 0) is 17.7 Å². The van der Waals surface area contributed by atoms with Crippen LogP contribution in [0.15, 0.2) is 18.2 Å². The Balaban J connectivity index is 2.85. The van der Waals surface area contributed by atoms with Crippen LogP contribution in [-0.4, -0.2) is 31.4 Å². The predicted molar refractivity (Wildman–Crippen MR) is 81.8 cm³/mol. The van der Waals surface area contributed by atoms with Crippen molar-refractivity contribution in [1.29, 1.82) is 0 Å². The van der Waals surface area contributed by atoms with Gasteiger partial charge in [0.2, 0.25) is 0 Å². The Bertz CT molecular complexity index is 575. The van der Waals surface area contributed by atoms with Gasteiger partial charge < -0.3 is 19.9 Å². The topological polar surface area (TPSA) is 50.7 Å². The van der Waals surface area contributed by atoms with E-state index in [9.17, 15) is 5.11 Å². The summed E-state index contributed by atoms with van der Waals surface area (Å²) in [5.74, 6) is 8.11. The van der Waals surface area contributed by atoms with Gasteiger partial charge in [0.15, 0.2) is 11.5 Å². The molecule has 108 valence electrons. The largest absolute Gasteiger partial charge is 0.477 e. The van der Waals surface area contributed by atoms with Crippen molar-refractivity contribution in [3.05, 3.63) is 23.8 Å². The molecule has 0 heterocycles. The van der Waals surface area contributed by atoms with Crippen LogP contribution in [0.2, 0.25) is 0 Å². The smallest absolute Gasteiger partial charge is 0.163 e. The molecule has 0 aromatic heterocycles. The summed E-state index contributed by atoms with van der Waals surface area (Å²) in [6, 6.07) is 5.09. The molecule has 1 aromatic rings. The van der Waals surface area contributed by atoms with Gasteiger partial charge in [0.25, 0.3) is 0 Å². The molecule has 0 aliphatic rings. The van der Waals surface area contributed by atoms with Crippen LogP contribution in [0.3, 0.4) is 0 Å². The van der Waals surface area contributed by atoms with Crippen molar-refractivity contribution in [1.82, 2.24) is 5.32 Å². The lowest BCUT2D eigenvalue weighted by Crippen LogP contribution is -2.21. The second kappa shape index (κ2) is 9.34. The van der Waals surface area contributed by atoms with Crippen molar-refractivity contribution in [2.75, 3.05) is 26.3 Å². The number of nitrogens with one attached hydrogen (secondary N) is 1. The molecular weight excluding hydrogens is 266 g/mol. The van der Waals surface area contributed by atoms with Gasteiger partial charge in [-0.15, -0.1) is 19.3 Å². The van der Waals surface area contributed by atoms with Crippen LogP contribution < -0.4 is 14.8 Å². The summed E-state index contributed by atoms with van der Waals surface area (Å²) in [6.45, 7) is 0.948. The van der Waals surface area contributed by atoms with Crippen LogP contribution in [0.25, 0.3) is 0 Å². The molecule has 21 heavy (non-hydrogen) atoms. The van der Waals surface area contributed by atoms with Crippen molar-refractivity contribution in [2.24, 2.45) is 0 Å². The Morgan fingerprint density at radius 1 is 1.05 bits per heavy atom. The maximum absolute atomic E-state index is 10.1. The highest BCUT2D eigenvalue weighted by Gasteiger charge is 2.12. The monoisotopic (exact) mass is 283 g/mol. The zero-order chi connectivity index (χ0) is 15.5. The van der Waals surface area contributed by atoms with E-state index in [-0.39, 0.29) is 13.2 Å². The van der Waals surface area contributed by atoms with Crippen molar-refractivity contribution in [3.63, 3.8) is 0 Å². The van der Waals surface area contributed by atoms with Crippen molar-refractivity contribution in [2.45, 2.75) is 6.10 Å². The summed E-state index contributed by atoms with van der Waals surface area (Å²) < 4.78 is 10.8. The van der Waals surface area contributed by atoms with E-state index in [2.05, 4.69) is 23.1 Å². The van der Waals surface area contributed by atoms with E-state index in [1.165, 1.54) is 0 Å². The Labute approximate surface area is 125 Å². The van der Waals surface area contributed by atoms with Gasteiger partial charge in [-0.2, -0.15) is 0 Å². The van der Waals surface area contributed by atoms with Crippen LogP contribution in [-0.2, 0) is 0 Å². The van der Waals surface area contributed by atoms with Gasteiger partial charge >= 0.3 is 0 Å². The molecule has 1 unspecified atom stereocenters. The minimum atomic E-state index is -0.715. The molecule has 0 saturated carbocycles. The second-order valence-corrected chi connectivity index (χ2v) is 4.04. The molecule has 4 heteroatoms. The van der Waals surface area contributed by atoms with Gasteiger partial charge in [-0.1, -0.05) is 23.8 Å². The third-order valence-corrected chi connectivity index (χ3v) is 2.54. The molecule has 0 bridgehead atoms. The van der Waals surface area contributed by atoms with Crippen molar-refractivity contribution < 1.29 is 14.6 Å². The molecule has 0 saturated heterocycles. The average Bonchev–Trinajstić information content (AvgIpc) is 2.51. The number of rotatable bonds is 8. The van der Waals surface area contributed by atoms with Gasteiger partial charge in [-0.3, -0.25) is 0 Å². The van der Waals surface area contributed by atoms with Crippen LogP contribution in [0, 0.1) is 37.0 Å². The number of hydrogen-bond acceptors (Lipinski definition) is 4. The molecular formula is C17H17NO3. The molecule has 4 nitrogen and oxygen atoms in total. The lowest BCUT2D eigenvalue weighted by Gasteiger charge is -2.15. The molecule has 0 spiro atoms. The minimum absolute atomic E-state index is 0.0985. The first-order valence-corrected chi connectivity index (χ1v) is 6.31. The van der Waals surface area contributed by atoms with E-state index in [1.54, 1.807) is 18.2 Å². The fourth-order valence-electron chi connectivity index (χ4n) is 1.60. The van der Waals surface area contributed by atoms with E-state index in [4.69, 9.17) is 28.7 Å². The summed E-state index contributed by atoms with van der Waals surface area (Å²) >= 11 is 0. The van der Waals surface area contributed by atoms with Gasteiger partial charge in [0.1, 0.15) is 13.2 Å². The average molecular weight is 283 g/mol. The number of aliphatic hydroxyl groups is 1. The first-order chi connectivity index (χ1) is 10.2. The number of hydrogen-bond donors (Lipinski definition) is 2. The summed E-state index contributed by atoms with van der Waals surface area (Å²) in [5.41, 5.74) is 0.666. The quantitative estimate of drug-likeness (QED) is 0.551. The summed E-state index contributed by atoms with van der Waals surface area (Å²) in [4.78, 5) is 0. The molecule has 0 aliphatic carbocycles. The molecule has 2 N–H and O–H groups in total. The fraction of sp³-hybridized carbons (Fsp3) is 0.294. The second-order valence-electron chi connectivity index (χ2n) is 4.04. The molecule has 0 amide bonds. The van der Waals surface area contributed by atoms with E-state index < -0.39 is 6.10 Å². The number of ether oxygens (including phenoxy) is 2. The lowest BCUT2D eigenvalue weighted by atomic mass is 10.1. The summed E-state index contributed by atoms with van der Waals surface area (Å²) in [7, 11) is 0. The predicted octanol–water partition coefficient (Wildman–Crippen LogP) is 0.967. The van der Waals surface area contributed by atoms with Gasteiger partial charge in [-0.25, -0.2) is 0 Å². The zero-order valence-electron chi connectivity index (χ0n) is 11.6. The van der Waals surface area contributed by atoms with Crippen LogP contribution in [0.5, 0.6) is 11.5 Å². The van der Waals surface area contributed by atoms with Crippen LogP contribution >= 0.6 is 0 Å². The highest BCUT2D eigenvalue weighted by molar-refractivity contribution is 5.44. The van der Waals surface area contributed by atoms with Crippen LogP contribution in [0.1, 0.15) is 11.7 Å². The van der Waals surface area contributed by atoms with E-state index >= 15 is 0 Å². The molecule has 1 atom stereocenters. The molecule has 1 rings (SSSR count). The third kappa shape index (κ3) is 5.51. The number of terminal acetylenes is 3. The highest BCUT2D eigenvalue weighted by atomic mass is 16.5. The van der Waals surface area contributed by atoms with Gasteiger partial charge in [0.05, 0.1) is 12.6 Å². The Morgan fingerprint density at radius 2 is 1.71 bits per heavy atom. The third-order valence-electron chi connectivity index (χ3n) is 2.54. The first-order valence-electron chi connectivity index (χ1n) is 6.31.